The highest BCUT2D eigenvalue weighted by Gasteiger charge is 2.02. The van der Waals surface area contributed by atoms with Crippen LogP contribution in [0, 0.1) is 0 Å². The summed E-state index contributed by atoms with van der Waals surface area (Å²) in [6.07, 6.45) is 3.86. The fourth-order valence-electron chi connectivity index (χ4n) is 2.04. The van der Waals surface area contributed by atoms with E-state index in [-0.39, 0.29) is 0 Å². The van der Waals surface area contributed by atoms with Gasteiger partial charge in [-0.2, -0.15) is 0 Å². The van der Waals surface area contributed by atoms with Crippen LogP contribution in [0.5, 0.6) is 5.75 Å². The number of hydrogen-bond donors (Lipinski definition) is 1. The zero-order valence-corrected chi connectivity index (χ0v) is 10.4. The minimum atomic E-state index is 0.291. The number of aromatic amines is 1. The van der Waals surface area contributed by atoms with E-state index < -0.39 is 0 Å². The first-order valence-corrected chi connectivity index (χ1v) is 6.20. The average molecular weight is 248 g/mol. The summed E-state index contributed by atoms with van der Waals surface area (Å²) in [4.78, 5) is 3.35. The van der Waals surface area contributed by atoms with Crippen LogP contribution in [0.1, 0.15) is 11.3 Å². The van der Waals surface area contributed by atoms with E-state index in [1.165, 1.54) is 5.39 Å². The maximum atomic E-state index is 9.70. The molecule has 1 heterocycles. The summed E-state index contributed by atoms with van der Waals surface area (Å²) in [7, 11) is 0. The number of aromatic hydroxyl groups is 1. The molecule has 0 fully saturated rings. The Hall–Kier alpha value is -2.61. The number of benzene rings is 2. The maximum Gasteiger partial charge on any atom is 0.211 e. The highest BCUT2D eigenvalue weighted by atomic mass is 16.3. The van der Waals surface area contributed by atoms with Gasteiger partial charge >= 0.3 is 0 Å². The van der Waals surface area contributed by atoms with Gasteiger partial charge < -0.3 is 5.11 Å². The number of H-pyrrole nitrogens is 1. The van der Waals surface area contributed by atoms with Gasteiger partial charge in [-0.15, -0.1) is 0 Å². The molecule has 3 rings (SSSR count). The molecule has 0 bridgehead atoms. The van der Waals surface area contributed by atoms with Crippen molar-refractivity contribution in [1.82, 2.24) is 0 Å². The molecule has 0 amide bonds. The largest absolute Gasteiger partial charge is 0.507 e. The molecule has 1 aromatic heterocycles. The van der Waals surface area contributed by atoms with Crippen LogP contribution in [0.2, 0.25) is 0 Å². The van der Waals surface area contributed by atoms with Crippen LogP contribution in [0.15, 0.2) is 60.7 Å². The second-order valence-corrected chi connectivity index (χ2v) is 4.39. The number of phenolic OH excluding ortho intramolecular Hbond substituents is 1. The smallest absolute Gasteiger partial charge is 0.211 e. The van der Waals surface area contributed by atoms with Crippen molar-refractivity contribution in [2.75, 3.05) is 0 Å². The molecule has 0 saturated heterocycles. The fourth-order valence-corrected chi connectivity index (χ4v) is 2.04. The van der Waals surface area contributed by atoms with E-state index in [0.717, 1.165) is 16.8 Å². The quantitative estimate of drug-likeness (QED) is 0.739. The van der Waals surface area contributed by atoms with Crippen LogP contribution in [-0.4, -0.2) is 5.11 Å². The first-order valence-electron chi connectivity index (χ1n) is 6.20. The van der Waals surface area contributed by atoms with Crippen molar-refractivity contribution in [2.24, 2.45) is 0 Å². The first kappa shape index (κ1) is 11.5. The molecule has 2 nitrogen and oxygen atoms in total. The van der Waals surface area contributed by atoms with Crippen molar-refractivity contribution in [1.29, 1.82) is 0 Å². The lowest BCUT2D eigenvalue weighted by Gasteiger charge is -1.96. The molecule has 2 heteroatoms. The van der Waals surface area contributed by atoms with Gasteiger partial charge in [0.05, 0.1) is 0 Å². The normalized spacial score (nSPS) is 11.2. The predicted molar refractivity (Wildman–Crippen MR) is 77.5 cm³/mol. The third kappa shape index (κ3) is 2.47. The summed E-state index contributed by atoms with van der Waals surface area (Å²) in [6, 6.07) is 19.5. The third-order valence-electron chi connectivity index (χ3n) is 3.06. The Bertz CT molecular complexity index is 747. The molecule has 0 saturated carbocycles. The van der Waals surface area contributed by atoms with Crippen molar-refractivity contribution in [3.8, 4) is 5.75 Å². The Morgan fingerprint density at radius 1 is 0.789 bits per heavy atom. The summed E-state index contributed by atoms with van der Waals surface area (Å²) in [5.41, 5.74) is 2.91. The SMILES string of the molecule is Oc1ccccc1/C=C/c1ccc2ccccc2[nH+]1. The van der Waals surface area contributed by atoms with E-state index >= 15 is 0 Å². The molecular formula is C17H14NO+. The Morgan fingerprint density at radius 2 is 1.58 bits per heavy atom. The molecule has 0 aliphatic rings. The van der Waals surface area contributed by atoms with Crippen molar-refractivity contribution in [3.05, 3.63) is 71.9 Å². The predicted octanol–water partition coefficient (Wildman–Crippen LogP) is 3.53. The van der Waals surface area contributed by atoms with E-state index in [1.54, 1.807) is 6.07 Å². The molecular weight excluding hydrogens is 234 g/mol. The first-order chi connectivity index (χ1) is 9.33. The average Bonchev–Trinajstić information content (AvgIpc) is 2.46. The second kappa shape index (κ2) is 4.94. The zero-order chi connectivity index (χ0) is 13.1. The van der Waals surface area contributed by atoms with Crippen LogP contribution in [0.3, 0.4) is 0 Å². The van der Waals surface area contributed by atoms with Crippen LogP contribution < -0.4 is 4.98 Å². The highest BCUT2D eigenvalue weighted by Crippen LogP contribution is 2.18. The number of hydrogen-bond acceptors (Lipinski definition) is 1. The minimum absolute atomic E-state index is 0.291. The summed E-state index contributed by atoms with van der Waals surface area (Å²) in [5, 5.41) is 10.9. The van der Waals surface area contributed by atoms with Gasteiger partial charge in [0.2, 0.25) is 11.2 Å². The van der Waals surface area contributed by atoms with E-state index in [2.05, 4.69) is 17.1 Å². The summed E-state index contributed by atoms with van der Waals surface area (Å²) in [6.45, 7) is 0. The van der Waals surface area contributed by atoms with Gasteiger partial charge in [0.25, 0.3) is 0 Å². The third-order valence-corrected chi connectivity index (χ3v) is 3.06. The number of nitrogens with one attached hydrogen (secondary N) is 1. The van der Waals surface area contributed by atoms with Crippen LogP contribution in [-0.2, 0) is 0 Å². The Morgan fingerprint density at radius 3 is 2.47 bits per heavy atom. The topological polar surface area (TPSA) is 34.4 Å². The number of fused-ring (bicyclic) bond motifs is 1. The van der Waals surface area contributed by atoms with Crippen molar-refractivity contribution in [3.63, 3.8) is 0 Å². The number of aromatic nitrogens is 1. The van der Waals surface area contributed by atoms with Gasteiger partial charge in [0.1, 0.15) is 5.75 Å². The molecule has 19 heavy (non-hydrogen) atoms. The molecule has 0 aliphatic carbocycles. The molecule has 2 aromatic carbocycles. The number of para-hydroxylation sites is 2. The Balaban J connectivity index is 1.95. The van der Waals surface area contributed by atoms with E-state index in [4.69, 9.17) is 0 Å². The van der Waals surface area contributed by atoms with Crippen LogP contribution in [0.4, 0.5) is 0 Å². The number of rotatable bonds is 2. The zero-order valence-electron chi connectivity index (χ0n) is 10.4. The van der Waals surface area contributed by atoms with Gasteiger partial charge in [0.15, 0.2) is 0 Å². The van der Waals surface area contributed by atoms with Gasteiger partial charge in [-0.05, 0) is 24.3 Å². The molecule has 0 atom stereocenters. The Labute approximate surface area is 111 Å². The lowest BCUT2D eigenvalue weighted by atomic mass is 10.1. The van der Waals surface area contributed by atoms with E-state index in [1.807, 2.05) is 54.6 Å². The molecule has 0 radical (unpaired) electrons. The summed E-state index contributed by atoms with van der Waals surface area (Å²) < 4.78 is 0. The van der Waals surface area contributed by atoms with Gasteiger partial charge in [0, 0.05) is 29.2 Å². The lowest BCUT2D eigenvalue weighted by Crippen LogP contribution is -2.07. The van der Waals surface area contributed by atoms with E-state index in [9.17, 15) is 5.11 Å². The van der Waals surface area contributed by atoms with Crippen LogP contribution in [0.25, 0.3) is 23.1 Å². The van der Waals surface area contributed by atoms with E-state index in [0.29, 0.717) is 5.75 Å². The molecule has 92 valence electrons. The summed E-state index contributed by atoms with van der Waals surface area (Å²) >= 11 is 0. The van der Waals surface area contributed by atoms with Crippen molar-refractivity contribution >= 4 is 23.1 Å². The molecule has 2 N–H and O–H groups in total. The second-order valence-electron chi connectivity index (χ2n) is 4.39. The standard InChI is InChI=1S/C17H13NO/c19-17-8-4-2-6-14(17)10-12-15-11-9-13-5-1-3-7-16(13)18-15/h1-12,19H/p+1/b12-10+. The van der Waals surface area contributed by atoms with Crippen LogP contribution >= 0.6 is 0 Å². The maximum absolute atomic E-state index is 9.70. The van der Waals surface area contributed by atoms with Gasteiger partial charge in [-0.3, -0.25) is 0 Å². The van der Waals surface area contributed by atoms with Crippen molar-refractivity contribution < 1.29 is 10.1 Å². The monoisotopic (exact) mass is 248 g/mol. The van der Waals surface area contributed by atoms with Crippen molar-refractivity contribution in [2.45, 2.75) is 0 Å². The minimum Gasteiger partial charge on any atom is -0.507 e. The fraction of sp³-hybridized carbons (Fsp3) is 0. The lowest BCUT2D eigenvalue weighted by molar-refractivity contribution is -0.347. The molecule has 0 unspecified atom stereocenters. The summed E-state index contributed by atoms with van der Waals surface area (Å²) in [5.74, 6) is 0.291. The molecule has 0 spiro atoms. The molecule has 0 aliphatic heterocycles. The van der Waals surface area contributed by atoms with Gasteiger partial charge in [-0.1, -0.05) is 30.3 Å². The number of phenols is 1. The number of pyridine rings is 1. The van der Waals surface area contributed by atoms with Gasteiger partial charge in [-0.25, -0.2) is 4.98 Å². The Kier molecular flexibility index (Phi) is 2.99. The molecule has 3 aromatic rings. The highest BCUT2D eigenvalue weighted by molar-refractivity contribution is 5.77.